The molecule has 8 nitrogen and oxygen atoms in total. The summed E-state index contributed by atoms with van der Waals surface area (Å²) in [7, 11) is 1.80. The maximum absolute atomic E-state index is 13.5. The Bertz CT molecular complexity index is 979. The summed E-state index contributed by atoms with van der Waals surface area (Å²) in [5, 5.41) is 9.79. The van der Waals surface area contributed by atoms with Crippen LogP contribution in [0.1, 0.15) is 37.0 Å². The standard InChI is InChI=1S/C24H30N4O4/c1-15-12-28(16(2)14-29)24(31)20-10-19(17-6-8-25-9-7-17)11-26-22(20)32-21(15)13-27(3)23(30)18-4-5-18/h6-11,15-16,18,21,29H,4-5,12-14H2,1-3H3/t15-,16+,21+/m1/s1. The van der Waals surface area contributed by atoms with Crippen LogP contribution in [0.25, 0.3) is 11.1 Å². The van der Waals surface area contributed by atoms with Gasteiger partial charge in [0.05, 0.1) is 19.2 Å². The molecule has 0 saturated heterocycles. The minimum Gasteiger partial charge on any atom is -0.472 e. The minimum absolute atomic E-state index is 0.0581. The van der Waals surface area contributed by atoms with E-state index < -0.39 is 0 Å². The lowest BCUT2D eigenvalue weighted by atomic mass is 9.99. The Hall–Kier alpha value is -3.00. The van der Waals surface area contributed by atoms with E-state index in [0.717, 1.165) is 24.0 Å². The van der Waals surface area contributed by atoms with Crippen LogP contribution in [0.2, 0.25) is 0 Å². The van der Waals surface area contributed by atoms with Gasteiger partial charge in [0.2, 0.25) is 11.8 Å². The highest BCUT2D eigenvalue weighted by Gasteiger charge is 2.37. The van der Waals surface area contributed by atoms with E-state index in [2.05, 4.69) is 9.97 Å². The fraction of sp³-hybridized carbons (Fsp3) is 0.500. The Morgan fingerprint density at radius 3 is 2.69 bits per heavy atom. The number of hydrogen-bond donors (Lipinski definition) is 1. The Kier molecular flexibility index (Phi) is 6.41. The molecule has 32 heavy (non-hydrogen) atoms. The Labute approximate surface area is 188 Å². The number of aliphatic hydroxyl groups is 1. The van der Waals surface area contributed by atoms with Crippen molar-refractivity contribution in [2.24, 2.45) is 11.8 Å². The second-order valence-electron chi connectivity index (χ2n) is 8.93. The number of rotatable bonds is 6. The van der Waals surface area contributed by atoms with E-state index in [-0.39, 0.29) is 48.3 Å². The van der Waals surface area contributed by atoms with E-state index in [4.69, 9.17) is 4.74 Å². The van der Waals surface area contributed by atoms with Crippen molar-refractivity contribution in [2.45, 2.75) is 38.8 Å². The third-order valence-corrected chi connectivity index (χ3v) is 6.29. The van der Waals surface area contributed by atoms with Gasteiger partial charge < -0.3 is 19.6 Å². The first-order valence-electron chi connectivity index (χ1n) is 11.1. The van der Waals surface area contributed by atoms with Crippen molar-refractivity contribution < 1.29 is 19.4 Å². The topological polar surface area (TPSA) is 95.9 Å². The van der Waals surface area contributed by atoms with E-state index in [1.165, 1.54) is 0 Å². The number of fused-ring (bicyclic) bond motifs is 1. The molecular weight excluding hydrogens is 408 g/mol. The lowest BCUT2D eigenvalue weighted by Gasteiger charge is -2.37. The van der Waals surface area contributed by atoms with Crippen molar-refractivity contribution in [1.29, 1.82) is 0 Å². The highest BCUT2D eigenvalue weighted by Crippen LogP contribution is 2.32. The van der Waals surface area contributed by atoms with Gasteiger partial charge in [-0.25, -0.2) is 4.98 Å². The van der Waals surface area contributed by atoms with E-state index in [1.54, 1.807) is 41.5 Å². The van der Waals surface area contributed by atoms with Crippen LogP contribution < -0.4 is 4.74 Å². The van der Waals surface area contributed by atoms with Crippen LogP contribution in [0.5, 0.6) is 5.88 Å². The van der Waals surface area contributed by atoms with E-state index in [1.807, 2.05) is 26.0 Å². The average molecular weight is 439 g/mol. The Morgan fingerprint density at radius 1 is 1.31 bits per heavy atom. The zero-order chi connectivity index (χ0) is 22.8. The highest BCUT2D eigenvalue weighted by molar-refractivity contribution is 5.98. The van der Waals surface area contributed by atoms with Gasteiger partial charge in [-0.15, -0.1) is 0 Å². The van der Waals surface area contributed by atoms with Gasteiger partial charge in [-0.2, -0.15) is 0 Å². The molecule has 0 bridgehead atoms. The first-order valence-corrected chi connectivity index (χ1v) is 11.1. The van der Waals surface area contributed by atoms with E-state index >= 15 is 0 Å². The lowest BCUT2D eigenvalue weighted by molar-refractivity contribution is -0.132. The van der Waals surface area contributed by atoms with Crippen LogP contribution >= 0.6 is 0 Å². The zero-order valence-corrected chi connectivity index (χ0v) is 18.8. The van der Waals surface area contributed by atoms with Gasteiger partial charge in [-0.1, -0.05) is 6.92 Å². The Morgan fingerprint density at radius 2 is 2.03 bits per heavy atom. The number of nitrogens with zero attached hydrogens (tertiary/aromatic N) is 4. The molecule has 2 aliphatic rings. The normalized spacial score (nSPS) is 21.8. The predicted octanol–water partition coefficient (Wildman–Crippen LogP) is 2.23. The zero-order valence-electron chi connectivity index (χ0n) is 18.8. The predicted molar refractivity (Wildman–Crippen MR) is 119 cm³/mol. The molecular formula is C24H30N4O4. The molecule has 1 aliphatic heterocycles. The minimum atomic E-state index is -0.355. The summed E-state index contributed by atoms with van der Waals surface area (Å²) in [6.07, 6.45) is 6.63. The summed E-state index contributed by atoms with van der Waals surface area (Å²) in [5.41, 5.74) is 2.03. The Balaban J connectivity index is 1.69. The summed E-state index contributed by atoms with van der Waals surface area (Å²) in [4.78, 5) is 37.9. The molecule has 2 aromatic rings. The number of ether oxygens (including phenoxy) is 1. The maximum atomic E-state index is 13.5. The van der Waals surface area contributed by atoms with Gasteiger partial charge in [-0.3, -0.25) is 14.6 Å². The fourth-order valence-electron chi connectivity index (χ4n) is 4.02. The molecule has 0 radical (unpaired) electrons. The van der Waals surface area contributed by atoms with Crippen LogP contribution in [0.3, 0.4) is 0 Å². The molecule has 4 rings (SSSR count). The number of pyridine rings is 2. The fourth-order valence-corrected chi connectivity index (χ4v) is 4.02. The van der Waals surface area contributed by atoms with Crippen molar-refractivity contribution >= 4 is 11.8 Å². The number of aromatic nitrogens is 2. The molecule has 3 atom stereocenters. The number of carbonyl (C=O) groups is 2. The monoisotopic (exact) mass is 438 g/mol. The summed E-state index contributed by atoms with van der Waals surface area (Å²) in [6, 6.07) is 5.14. The summed E-state index contributed by atoms with van der Waals surface area (Å²) >= 11 is 0. The number of aliphatic hydroxyl groups excluding tert-OH is 1. The second kappa shape index (κ2) is 9.24. The SMILES string of the molecule is C[C@@H]1CN([C@@H](C)CO)C(=O)c2cc(-c3ccncc3)cnc2O[C@H]1CN(C)C(=O)C1CC1. The molecule has 3 heterocycles. The molecule has 1 N–H and O–H groups in total. The third kappa shape index (κ3) is 4.60. The van der Waals surface area contributed by atoms with Crippen molar-refractivity contribution in [2.75, 3.05) is 26.7 Å². The first-order chi connectivity index (χ1) is 15.4. The van der Waals surface area contributed by atoms with Crippen molar-refractivity contribution in [3.63, 3.8) is 0 Å². The van der Waals surface area contributed by atoms with Crippen molar-refractivity contribution in [3.05, 3.63) is 42.4 Å². The molecule has 0 spiro atoms. The molecule has 2 aromatic heterocycles. The van der Waals surface area contributed by atoms with E-state index in [9.17, 15) is 14.7 Å². The van der Waals surface area contributed by atoms with Crippen molar-refractivity contribution in [3.8, 4) is 17.0 Å². The maximum Gasteiger partial charge on any atom is 0.259 e. The third-order valence-electron chi connectivity index (χ3n) is 6.29. The highest BCUT2D eigenvalue weighted by atomic mass is 16.5. The van der Waals surface area contributed by atoms with E-state index in [0.29, 0.717) is 18.7 Å². The molecule has 0 aromatic carbocycles. The first kappa shape index (κ1) is 22.2. The number of carbonyl (C=O) groups excluding carboxylic acids is 2. The van der Waals surface area contributed by atoms with Gasteiger partial charge in [0.25, 0.3) is 5.91 Å². The second-order valence-corrected chi connectivity index (χ2v) is 8.93. The van der Waals surface area contributed by atoms with Crippen LogP contribution in [-0.4, -0.2) is 75.6 Å². The molecule has 8 heteroatoms. The average Bonchev–Trinajstić information content (AvgIpc) is 3.66. The largest absolute Gasteiger partial charge is 0.472 e. The van der Waals surface area contributed by atoms with Crippen LogP contribution in [0.4, 0.5) is 0 Å². The lowest BCUT2D eigenvalue weighted by Crippen LogP contribution is -2.50. The summed E-state index contributed by atoms with van der Waals surface area (Å²) < 4.78 is 6.27. The molecule has 170 valence electrons. The quantitative estimate of drug-likeness (QED) is 0.743. The number of hydrogen-bond acceptors (Lipinski definition) is 6. The van der Waals surface area contributed by atoms with Gasteiger partial charge in [0, 0.05) is 49.6 Å². The molecule has 1 aliphatic carbocycles. The summed E-state index contributed by atoms with van der Waals surface area (Å²) in [6.45, 7) is 4.51. The van der Waals surface area contributed by atoms with Gasteiger partial charge in [0.1, 0.15) is 11.7 Å². The van der Waals surface area contributed by atoms with Gasteiger partial charge >= 0.3 is 0 Å². The van der Waals surface area contributed by atoms with Crippen LogP contribution in [0, 0.1) is 11.8 Å². The van der Waals surface area contributed by atoms with Crippen LogP contribution in [0.15, 0.2) is 36.8 Å². The number of likely N-dealkylation sites (N-methyl/N-ethyl adjacent to an activating group) is 1. The molecule has 0 unspecified atom stereocenters. The van der Waals surface area contributed by atoms with Gasteiger partial charge in [0.15, 0.2) is 0 Å². The molecule has 1 saturated carbocycles. The summed E-state index contributed by atoms with van der Waals surface area (Å²) in [5.74, 6) is 0.243. The van der Waals surface area contributed by atoms with Crippen molar-refractivity contribution in [1.82, 2.24) is 19.8 Å². The molecule has 2 amide bonds. The molecule has 1 fully saturated rings. The smallest absolute Gasteiger partial charge is 0.259 e. The van der Waals surface area contributed by atoms with Crippen LogP contribution in [-0.2, 0) is 4.79 Å². The number of amides is 2. The van der Waals surface area contributed by atoms with Gasteiger partial charge in [-0.05, 0) is 43.5 Å².